The van der Waals surface area contributed by atoms with Gasteiger partial charge < -0.3 is 4.42 Å². The molecule has 0 spiro atoms. The van der Waals surface area contributed by atoms with Crippen LogP contribution in [0.5, 0.6) is 0 Å². The van der Waals surface area contributed by atoms with Crippen LogP contribution in [0.25, 0.3) is 0 Å². The zero-order valence-corrected chi connectivity index (χ0v) is 13.5. The van der Waals surface area contributed by atoms with E-state index in [0.717, 1.165) is 13.8 Å². The SMILES string of the molecule is O=C(Cc1ccc(Br)cc1)N/N=C/c1ccc(I)o1. The highest BCUT2D eigenvalue weighted by atomic mass is 127. The van der Waals surface area contributed by atoms with Gasteiger partial charge in [0, 0.05) is 4.47 Å². The van der Waals surface area contributed by atoms with Gasteiger partial charge in [-0.15, -0.1) is 0 Å². The molecule has 0 fully saturated rings. The Hall–Kier alpha value is -1.15. The molecule has 19 heavy (non-hydrogen) atoms. The molecule has 0 unspecified atom stereocenters. The van der Waals surface area contributed by atoms with Crippen LogP contribution in [0.15, 0.2) is 50.4 Å². The molecule has 0 atom stereocenters. The third-order valence-corrected chi connectivity index (χ3v) is 3.36. The molecule has 98 valence electrons. The summed E-state index contributed by atoms with van der Waals surface area (Å²) in [6.07, 6.45) is 1.77. The molecule has 0 aliphatic carbocycles. The Morgan fingerprint density at radius 3 is 2.68 bits per heavy atom. The molecule has 1 heterocycles. The summed E-state index contributed by atoms with van der Waals surface area (Å²) in [6, 6.07) is 11.2. The smallest absolute Gasteiger partial charge is 0.244 e. The number of amides is 1. The molecule has 1 N–H and O–H groups in total. The van der Waals surface area contributed by atoms with Crippen LogP contribution in [-0.2, 0) is 11.2 Å². The first-order valence-electron chi connectivity index (χ1n) is 5.45. The van der Waals surface area contributed by atoms with Crippen molar-refractivity contribution in [1.82, 2.24) is 5.43 Å². The molecule has 0 radical (unpaired) electrons. The Morgan fingerprint density at radius 1 is 1.32 bits per heavy atom. The van der Waals surface area contributed by atoms with Gasteiger partial charge in [0.15, 0.2) is 3.77 Å². The van der Waals surface area contributed by atoms with Gasteiger partial charge in [0.25, 0.3) is 0 Å². The van der Waals surface area contributed by atoms with Crippen molar-refractivity contribution in [2.75, 3.05) is 0 Å². The van der Waals surface area contributed by atoms with E-state index in [4.69, 9.17) is 4.42 Å². The average molecular weight is 433 g/mol. The molecule has 0 aliphatic rings. The van der Waals surface area contributed by atoms with Gasteiger partial charge in [0.2, 0.25) is 5.91 Å². The van der Waals surface area contributed by atoms with Crippen molar-refractivity contribution < 1.29 is 9.21 Å². The summed E-state index contributed by atoms with van der Waals surface area (Å²) >= 11 is 5.41. The van der Waals surface area contributed by atoms with Crippen molar-refractivity contribution in [1.29, 1.82) is 0 Å². The van der Waals surface area contributed by atoms with Crippen LogP contribution in [-0.4, -0.2) is 12.1 Å². The highest BCUT2D eigenvalue weighted by molar-refractivity contribution is 14.1. The van der Waals surface area contributed by atoms with Crippen LogP contribution in [0.1, 0.15) is 11.3 Å². The summed E-state index contributed by atoms with van der Waals surface area (Å²) in [6.45, 7) is 0. The van der Waals surface area contributed by atoms with Gasteiger partial charge in [-0.1, -0.05) is 28.1 Å². The van der Waals surface area contributed by atoms with Gasteiger partial charge in [-0.3, -0.25) is 4.79 Å². The highest BCUT2D eigenvalue weighted by Gasteiger charge is 2.02. The zero-order chi connectivity index (χ0) is 13.7. The Morgan fingerprint density at radius 2 is 2.05 bits per heavy atom. The number of nitrogens with zero attached hydrogens (tertiary/aromatic N) is 1. The number of rotatable bonds is 4. The van der Waals surface area contributed by atoms with Gasteiger partial charge in [0.1, 0.15) is 5.76 Å². The van der Waals surface area contributed by atoms with Crippen LogP contribution in [0.3, 0.4) is 0 Å². The number of hydrogen-bond acceptors (Lipinski definition) is 3. The van der Waals surface area contributed by atoms with Crippen molar-refractivity contribution in [3.8, 4) is 0 Å². The lowest BCUT2D eigenvalue weighted by Crippen LogP contribution is -2.19. The summed E-state index contributed by atoms with van der Waals surface area (Å²) in [7, 11) is 0. The predicted octanol–water partition coefficient (Wildman–Crippen LogP) is 3.34. The van der Waals surface area contributed by atoms with E-state index in [1.165, 1.54) is 6.21 Å². The van der Waals surface area contributed by atoms with E-state index >= 15 is 0 Å². The topological polar surface area (TPSA) is 54.6 Å². The Labute approximate surface area is 132 Å². The molecular formula is C13H10BrIN2O2. The number of carbonyl (C=O) groups is 1. The maximum Gasteiger partial charge on any atom is 0.244 e. The average Bonchev–Trinajstić information content (AvgIpc) is 2.78. The van der Waals surface area contributed by atoms with E-state index in [0.29, 0.717) is 12.2 Å². The summed E-state index contributed by atoms with van der Waals surface area (Å²) in [5, 5.41) is 3.84. The molecule has 0 aliphatic heterocycles. The lowest BCUT2D eigenvalue weighted by atomic mass is 10.1. The van der Waals surface area contributed by atoms with E-state index in [9.17, 15) is 4.79 Å². The standard InChI is InChI=1S/C13H10BrIN2O2/c14-10-3-1-9(2-4-10)7-13(18)17-16-8-11-5-6-12(15)19-11/h1-6,8H,7H2,(H,17,18)/b16-8+. The quantitative estimate of drug-likeness (QED) is 0.457. The number of carbonyl (C=O) groups excluding carboxylic acids is 1. The number of hydrazone groups is 1. The molecule has 0 bridgehead atoms. The fraction of sp³-hybridized carbons (Fsp3) is 0.0769. The largest absolute Gasteiger partial charge is 0.449 e. The lowest BCUT2D eigenvalue weighted by Gasteiger charge is -2.00. The first-order valence-corrected chi connectivity index (χ1v) is 7.32. The van der Waals surface area contributed by atoms with Crippen molar-refractivity contribution in [3.63, 3.8) is 0 Å². The van der Waals surface area contributed by atoms with Gasteiger partial charge in [-0.05, 0) is 52.4 Å². The minimum absolute atomic E-state index is 0.167. The molecule has 1 aromatic carbocycles. The number of hydrogen-bond donors (Lipinski definition) is 1. The second-order valence-corrected chi connectivity index (χ2v) is 5.72. The van der Waals surface area contributed by atoms with Crippen molar-refractivity contribution in [2.24, 2.45) is 5.10 Å². The van der Waals surface area contributed by atoms with Crippen LogP contribution >= 0.6 is 38.5 Å². The van der Waals surface area contributed by atoms with Crippen LogP contribution in [0.2, 0.25) is 0 Å². The molecule has 0 saturated carbocycles. The number of nitrogens with one attached hydrogen (secondary N) is 1. The molecule has 6 heteroatoms. The lowest BCUT2D eigenvalue weighted by molar-refractivity contribution is -0.120. The second kappa shape index (κ2) is 6.85. The van der Waals surface area contributed by atoms with Crippen LogP contribution < -0.4 is 5.43 Å². The fourth-order valence-corrected chi connectivity index (χ4v) is 2.09. The van der Waals surface area contributed by atoms with Gasteiger partial charge in [-0.25, -0.2) is 5.43 Å². The third kappa shape index (κ3) is 4.79. The molecule has 0 saturated heterocycles. The fourth-order valence-electron chi connectivity index (χ4n) is 1.39. The summed E-state index contributed by atoms with van der Waals surface area (Å²) in [5.74, 6) is 0.438. The monoisotopic (exact) mass is 432 g/mol. The predicted molar refractivity (Wildman–Crippen MR) is 85.0 cm³/mol. The van der Waals surface area contributed by atoms with Gasteiger partial charge >= 0.3 is 0 Å². The zero-order valence-electron chi connectivity index (χ0n) is 9.77. The molecule has 4 nitrogen and oxygen atoms in total. The third-order valence-electron chi connectivity index (χ3n) is 2.25. The maximum atomic E-state index is 11.6. The van der Waals surface area contributed by atoms with Crippen molar-refractivity contribution in [3.05, 3.63) is 56.0 Å². The van der Waals surface area contributed by atoms with Crippen LogP contribution in [0, 0.1) is 3.77 Å². The molecule has 2 rings (SSSR count). The normalized spacial score (nSPS) is 10.8. The maximum absolute atomic E-state index is 11.6. The van der Waals surface area contributed by atoms with Gasteiger partial charge in [-0.2, -0.15) is 5.10 Å². The number of halogens is 2. The number of furan rings is 1. The first-order chi connectivity index (χ1) is 9.13. The van der Waals surface area contributed by atoms with Crippen molar-refractivity contribution in [2.45, 2.75) is 6.42 Å². The molecule has 1 aromatic heterocycles. The second-order valence-electron chi connectivity index (χ2n) is 3.74. The summed E-state index contributed by atoms with van der Waals surface area (Å²) < 4.78 is 7.04. The molecule has 1 amide bonds. The van der Waals surface area contributed by atoms with Crippen LogP contribution in [0.4, 0.5) is 0 Å². The first kappa shape index (κ1) is 14.3. The van der Waals surface area contributed by atoms with E-state index < -0.39 is 0 Å². The number of benzene rings is 1. The highest BCUT2D eigenvalue weighted by Crippen LogP contribution is 2.11. The molecule has 2 aromatic rings. The Balaban J connectivity index is 1.84. The Bertz CT molecular complexity index is 593. The van der Waals surface area contributed by atoms with E-state index in [1.807, 2.05) is 30.3 Å². The Kier molecular flexibility index (Phi) is 5.15. The van der Waals surface area contributed by atoms with Crippen molar-refractivity contribution >= 4 is 50.6 Å². The molecular weight excluding hydrogens is 423 g/mol. The minimum Gasteiger partial charge on any atom is -0.449 e. The van der Waals surface area contributed by atoms with E-state index in [1.54, 1.807) is 6.07 Å². The van der Waals surface area contributed by atoms with Gasteiger partial charge in [0.05, 0.1) is 12.6 Å². The van der Waals surface area contributed by atoms with E-state index in [-0.39, 0.29) is 5.91 Å². The van der Waals surface area contributed by atoms with E-state index in [2.05, 4.69) is 49.0 Å². The minimum atomic E-state index is -0.167. The summed E-state index contributed by atoms with van der Waals surface area (Å²) in [4.78, 5) is 11.6. The summed E-state index contributed by atoms with van der Waals surface area (Å²) in [5.41, 5.74) is 3.39.